The lowest BCUT2D eigenvalue weighted by Crippen LogP contribution is -2.44. The van der Waals surface area contributed by atoms with E-state index in [1.165, 1.54) is 6.07 Å². The Morgan fingerprint density at radius 3 is 2.67 bits per heavy atom. The first kappa shape index (κ1) is 16.2. The zero-order valence-electron chi connectivity index (χ0n) is 12.2. The van der Waals surface area contributed by atoms with Crippen molar-refractivity contribution in [1.82, 2.24) is 9.62 Å². The molecule has 0 unspecified atom stereocenters. The van der Waals surface area contributed by atoms with Crippen molar-refractivity contribution in [2.45, 2.75) is 37.1 Å². The Labute approximate surface area is 125 Å². The quantitative estimate of drug-likeness (QED) is 0.809. The minimum Gasteiger partial charge on any atom is -0.399 e. The molecular formula is C14H22FN3O2S. The van der Waals surface area contributed by atoms with Gasteiger partial charge in [-0.1, -0.05) is 6.92 Å². The molecule has 1 aliphatic heterocycles. The fourth-order valence-electron chi connectivity index (χ4n) is 2.60. The van der Waals surface area contributed by atoms with Crippen LogP contribution in [-0.2, 0) is 10.0 Å². The van der Waals surface area contributed by atoms with Gasteiger partial charge in [-0.15, -0.1) is 0 Å². The molecule has 118 valence electrons. The molecule has 3 N–H and O–H groups in total. The molecule has 5 nitrogen and oxygen atoms in total. The third-order valence-electron chi connectivity index (χ3n) is 3.69. The molecule has 1 fully saturated rings. The van der Waals surface area contributed by atoms with E-state index < -0.39 is 15.8 Å². The predicted octanol–water partition coefficient (Wildman–Crippen LogP) is 1.56. The van der Waals surface area contributed by atoms with Gasteiger partial charge < -0.3 is 10.6 Å². The summed E-state index contributed by atoms with van der Waals surface area (Å²) in [5.41, 5.74) is 5.77. The van der Waals surface area contributed by atoms with E-state index in [9.17, 15) is 12.8 Å². The fraction of sp³-hybridized carbons (Fsp3) is 0.571. The van der Waals surface area contributed by atoms with Gasteiger partial charge in [0.1, 0.15) is 10.7 Å². The number of nitrogens with one attached hydrogen (secondary N) is 1. The van der Waals surface area contributed by atoms with E-state index in [1.54, 1.807) is 0 Å². The summed E-state index contributed by atoms with van der Waals surface area (Å²) in [5.74, 6) is -0.778. The fourth-order valence-corrected chi connectivity index (χ4v) is 4.02. The highest BCUT2D eigenvalue weighted by Gasteiger charge is 2.26. The van der Waals surface area contributed by atoms with Gasteiger partial charge in [-0.05, 0) is 57.1 Å². The first-order valence-corrected chi connectivity index (χ1v) is 8.70. The zero-order chi connectivity index (χ0) is 15.5. The van der Waals surface area contributed by atoms with Crippen LogP contribution in [0.3, 0.4) is 0 Å². The minimum absolute atomic E-state index is 0.149. The number of nitrogens with zero attached hydrogens (tertiary/aromatic N) is 1. The third kappa shape index (κ3) is 4.15. The van der Waals surface area contributed by atoms with E-state index >= 15 is 0 Å². The van der Waals surface area contributed by atoms with Crippen molar-refractivity contribution in [3.8, 4) is 0 Å². The molecule has 1 saturated heterocycles. The van der Waals surface area contributed by atoms with E-state index in [0.717, 1.165) is 51.0 Å². The van der Waals surface area contributed by atoms with E-state index in [1.807, 2.05) is 0 Å². The Hall–Kier alpha value is -1.18. The first-order chi connectivity index (χ1) is 9.92. The van der Waals surface area contributed by atoms with Gasteiger partial charge in [0.25, 0.3) is 0 Å². The number of anilines is 1. The van der Waals surface area contributed by atoms with Gasteiger partial charge in [0.05, 0.1) is 0 Å². The van der Waals surface area contributed by atoms with Crippen LogP contribution in [0, 0.1) is 5.82 Å². The van der Waals surface area contributed by atoms with Gasteiger partial charge in [-0.3, -0.25) is 0 Å². The van der Waals surface area contributed by atoms with Crippen molar-refractivity contribution in [3.05, 3.63) is 24.0 Å². The highest BCUT2D eigenvalue weighted by molar-refractivity contribution is 7.89. The number of halogens is 1. The monoisotopic (exact) mass is 315 g/mol. The highest BCUT2D eigenvalue weighted by Crippen LogP contribution is 2.20. The average Bonchev–Trinajstić information content (AvgIpc) is 2.43. The van der Waals surface area contributed by atoms with Crippen molar-refractivity contribution in [3.63, 3.8) is 0 Å². The van der Waals surface area contributed by atoms with Gasteiger partial charge in [-0.2, -0.15) is 0 Å². The number of rotatable bonds is 5. The Morgan fingerprint density at radius 1 is 1.38 bits per heavy atom. The van der Waals surface area contributed by atoms with Crippen molar-refractivity contribution < 1.29 is 12.8 Å². The number of benzene rings is 1. The number of sulfonamides is 1. The molecule has 7 heteroatoms. The number of likely N-dealkylation sites (tertiary alicyclic amines) is 1. The third-order valence-corrected chi connectivity index (χ3v) is 5.23. The molecule has 0 radical (unpaired) electrons. The molecule has 1 aromatic rings. The van der Waals surface area contributed by atoms with E-state index in [4.69, 9.17) is 5.73 Å². The molecule has 0 aromatic heterocycles. The lowest BCUT2D eigenvalue weighted by atomic mass is 10.1. The predicted molar refractivity (Wildman–Crippen MR) is 80.9 cm³/mol. The smallest absolute Gasteiger partial charge is 0.243 e. The summed E-state index contributed by atoms with van der Waals surface area (Å²) in [5, 5.41) is 0. The van der Waals surface area contributed by atoms with E-state index in [2.05, 4.69) is 16.5 Å². The van der Waals surface area contributed by atoms with Crippen molar-refractivity contribution in [1.29, 1.82) is 0 Å². The van der Waals surface area contributed by atoms with Crippen LogP contribution >= 0.6 is 0 Å². The maximum absolute atomic E-state index is 13.7. The summed E-state index contributed by atoms with van der Waals surface area (Å²) in [6.07, 6.45) is 2.57. The molecule has 0 bridgehead atoms. The molecule has 1 aliphatic rings. The summed E-state index contributed by atoms with van der Waals surface area (Å²) in [6.45, 7) is 4.88. The topological polar surface area (TPSA) is 75.4 Å². The molecule has 1 aromatic carbocycles. The van der Waals surface area contributed by atoms with Crippen molar-refractivity contribution >= 4 is 15.7 Å². The molecule has 0 aliphatic carbocycles. The molecule has 21 heavy (non-hydrogen) atoms. The minimum atomic E-state index is -3.87. The van der Waals surface area contributed by atoms with Crippen LogP contribution in [0.15, 0.2) is 23.1 Å². The Morgan fingerprint density at radius 2 is 2.05 bits per heavy atom. The van der Waals surface area contributed by atoms with E-state index in [0.29, 0.717) is 0 Å². The molecule has 0 saturated carbocycles. The summed E-state index contributed by atoms with van der Waals surface area (Å²) in [7, 11) is -3.87. The molecule has 0 amide bonds. The SMILES string of the molecule is CCCN1CCC(NS(=O)(=O)c2cc(N)ccc2F)CC1. The number of hydrogen-bond acceptors (Lipinski definition) is 4. The summed E-state index contributed by atoms with van der Waals surface area (Å²) in [4.78, 5) is 1.93. The highest BCUT2D eigenvalue weighted by atomic mass is 32.2. The largest absolute Gasteiger partial charge is 0.399 e. The van der Waals surface area contributed by atoms with Crippen molar-refractivity contribution in [2.75, 3.05) is 25.4 Å². The van der Waals surface area contributed by atoms with Crippen LogP contribution in [0.25, 0.3) is 0 Å². The number of hydrogen-bond donors (Lipinski definition) is 2. The number of nitrogen functional groups attached to an aromatic ring is 1. The van der Waals surface area contributed by atoms with Crippen LogP contribution < -0.4 is 10.5 Å². The lowest BCUT2D eigenvalue weighted by molar-refractivity contribution is 0.208. The molecule has 0 atom stereocenters. The number of nitrogens with two attached hydrogens (primary N) is 1. The van der Waals surface area contributed by atoms with Gasteiger partial charge >= 0.3 is 0 Å². The van der Waals surface area contributed by atoms with Crippen LogP contribution in [0.5, 0.6) is 0 Å². The van der Waals surface area contributed by atoms with Crippen LogP contribution in [0.1, 0.15) is 26.2 Å². The second-order valence-corrected chi connectivity index (χ2v) is 7.11. The van der Waals surface area contributed by atoms with Crippen LogP contribution in [0.4, 0.5) is 10.1 Å². The van der Waals surface area contributed by atoms with Gasteiger partial charge in [-0.25, -0.2) is 17.5 Å². The van der Waals surface area contributed by atoms with Gasteiger partial charge in [0, 0.05) is 11.7 Å². The lowest BCUT2D eigenvalue weighted by Gasteiger charge is -2.31. The Bertz CT molecular complexity index is 584. The molecule has 2 rings (SSSR count). The van der Waals surface area contributed by atoms with Gasteiger partial charge in [0.2, 0.25) is 10.0 Å². The van der Waals surface area contributed by atoms with E-state index in [-0.39, 0.29) is 16.6 Å². The maximum atomic E-state index is 13.7. The standard InChI is InChI=1S/C14H22FN3O2S/c1-2-7-18-8-5-12(6-9-18)17-21(19,20)14-10-11(16)3-4-13(14)15/h3-4,10,12,17H,2,5-9,16H2,1H3. The van der Waals surface area contributed by atoms with Crippen LogP contribution in [0.2, 0.25) is 0 Å². The summed E-state index contributed by atoms with van der Waals surface area (Å²) in [6, 6.07) is 3.43. The molecule has 1 heterocycles. The van der Waals surface area contributed by atoms with Crippen LogP contribution in [-0.4, -0.2) is 39.0 Å². The average molecular weight is 315 g/mol. The maximum Gasteiger partial charge on any atom is 0.243 e. The zero-order valence-corrected chi connectivity index (χ0v) is 13.0. The second-order valence-electron chi connectivity index (χ2n) is 5.43. The second kappa shape index (κ2) is 6.72. The summed E-state index contributed by atoms with van der Waals surface area (Å²) < 4.78 is 40.8. The Kier molecular flexibility index (Phi) is 5.18. The number of piperidine rings is 1. The molecular weight excluding hydrogens is 293 g/mol. The normalized spacial score (nSPS) is 18.0. The Balaban J connectivity index is 2.04. The molecule has 0 spiro atoms. The first-order valence-electron chi connectivity index (χ1n) is 7.22. The van der Waals surface area contributed by atoms with Crippen molar-refractivity contribution in [2.24, 2.45) is 0 Å². The summed E-state index contributed by atoms with van der Waals surface area (Å²) >= 11 is 0. The van der Waals surface area contributed by atoms with Gasteiger partial charge in [0.15, 0.2) is 0 Å².